The molecule has 2 aliphatic heterocycles. The van der Waals surface area contributed by atoms with Gasteiger partial charge in [0.25, 0.3) is 0 Å². The summed E-state index contributed by atoms with van der Waals surface area (Å²) >= 11 is 0. The van der Waals surface area contributed by atoms with Gasteiger partial charge in [-0.05, 0) is 13.8 Å². The van der Waals surface area contributed by atoms with Crippen molar-refractivity contribution in [2.45, 2.75) is 19.4 Å². The molecule has 0 aliphatic carbocycles. The zero-order chi connectivity index (χ0) is 7.19. The van der Waals surface area contributed by atoms with Crippen molar-refractivity contribution >= 4 is 5.71 Å². The SMILES string of the molecule is CC1=NOC2(C)COCC12. The van der Waals surface area contributed by atoms with Gasteiger partial charge < -0.3 is 9.57 Å². The number of nitrogens with zero attached hydrogens (tertiary/aromatic N) is 1. The number of rotatable bonds is 0. The topological polar surface area (TPSA) is 30.8 Å². The summed E-state index contributed by atoms with van der Waals surface area (Å²) in [6, 6.07) is 0. The summed E-state index contributed by atoms with van der Waals surface area (Å²) in [6.45, 7) is 5.49. The van der Waals surface area contributed by atoms with Crippen molar-refractivity contribution in [2.24, 2.45) is 11.1 Å². The highest BCUT2D eigenvalue weighted by molar-refractivity contribution is 5.86. The van der Waals surface area contributed by atoms with Crippen LogP contribution in [0.3, 0.4) is 0 Å². The molecule has 0 radical (unpaired) electrons. The highest BCUT2D eigenvalue weighted by Crippen LogP contribution is 2.34. The number of ether oxygens (including phenoxy) is 1. The molecule has 3 heteroatoms. The third kappa shape index (κ3) is 0.611. The van der Waals surface area contributed by atoms with Gasteiger partial charge in [0.15, 0.2) is 5.60 Å². The summed E-state index contributed by atoms with van der Waals surface area (Å²) < 4.78 is 5.28. The molecule has 0 amide bonds. The van der Waals surface area contributed by atoms with Crippen LogP contribution in [0.2, 0.25) is 0 Å². The molecule has 2 heterocycles. The van der Waals surface area contributed by atoms with E-state index in [9.17, 15) is 0 Å². The van der Waals surface area contributed by atoms with Gasteiger partial charge in [0.2, 0.25) is 0 Å². The summed E-state index contributed by atoms with van der Waals surface area (Å²) in [6.07, 6.45) is 0. The molecule has 0 aromatic carbocycles. The molecule has 10 heavy (non-hydrogen) atoms. The first kappa shape index (κ1) is 6.16. The van der Waals surface area contributed by atoms with Gasteiger partial charge in [-0.3, -0.25) is 0 Å². The van der Waals surface area contributed by atoms with Crippen molar-refractivity contribution in [3.63, 3.8) is 0 Å². The molecule has 2 atom stereocenters. The maximum absolute atomic E-state index is 5.28. The zero-order valence-corrected chi connectivity index (χ0v) is 6.26. The third-order valence-electron chi connectivity index (χ3n) is 2.31. The molecule has 0 bridgehead atoms. The largest absolute Gasteiger partial charge is 0.386 e. The van der Waals surface area contributed by atoms with Crippen LogP contribution in [0.25, 0.3) is 0 Å². The van der Waals surface area contributed by atoms with E-state index < -0.39 is 0 Å². The van der Waals surface area contributed by atoms with Crippen LogP contribution in [0, 0.1) is 5.92 Å². The fraction of sp³-hybridized carbons (Fsp3) is 0.857. The predicted molar refractivity (Wildman–Crippen MR) is 36.9 cm³/mol. The second kappa shape index (κ2) is 1.72. The van der Waals surface area contributed by atoms with E-state index in [4.69, 9.17) is 9.57 Å². The lowest BCUT2D eigenvalue weighted by molar-refractivity contribution is -0.0260. The number of hydrogen-bond acceptors (Lipinski definition) is 3. The quantitative estimate of drug-likeness (QED) is 0.499. The van der Waals surface area contributed by atoms with Crippen LogP contribution in [0.15, 0.2) is 5.16 Å². The Morgan fingerprint density at radius 3 is 3.20 bits per heavy atom. The highest BCUT2D eigenvalue weighted by atomic mass is 16.7. The minimum Gasteiger partial charge on any atom is -0.386 e. The van der Waals surface area contributed by atoms with Crippen LogP contribution in [0.1, 0.15) is 13.8 Å². The molecule has 56 valence electrons. The van der Waals surface area contributed by atoms with Gasteiger partial charge in [-0.15, -0.1) is 0 Å². The van der Waals surface area contributed by atoms with E-state index in [0.717, 1.165) is 12.3 Å². The van der Waals surface area contributed by atoms with Gasteiger partial charge in [-0.1, -0.05) is 5.16 Å². The predicted octanol–water partition coefficient (Wildman–Crippen LogP) is 0.798. The van der Waals surface area contributed by atoms with Gasteiger partial charge in [0.1, 0.15) is 0 Å². The molecule has 0 saturated carbocycles. The molecule has 2 aliphatic rings. The second-order valence-corrected chi connectivity index (χ2v) is 3.20. The first-order valence-electron chi connectivity index (χ1n) is 3.53. The Morgan fingerprint density at radius 2 is 2.50 bits per heavy atom. The first-order chi connectivity index (χ1) is 4.72. The third-order valence-corrected chi connectivity index (χ3v) is 2.31. The highest BCUT2D eigenvalue weighted by Gasteiger charge is 2.48. The minimum atomic E-state index is -0.149. The van der Waals surface area contributed by atoms with Gasteiger partial charge in [0.05, 0.1) is 24.8 Å². The fourth-order valence-electron chi connectivity index (χ4n) is 1.55. The maximum atomic E-state index is 5.28. The smallest absolute Gasteiger partial charge is 0.168 e. The minimum absolute atomic E-state index is 0.149. The van der Waals surface area contributed by atoms with Gasteiger partial charge in [0, 0.05) is 0 Å². The number of hydrogen-bond donors (Lipinski definition) is 0. The van der Waals surface area contributed by atoms with Crippen LogP contribution in [0.4, 0.5) is 0 Å². The van der Waals surface area contributed by atoms with Crippen molar-refractivity contribution in [2.75, 3.05) is 13.2 Å². The van der Waals surface area contributed by atoms with E-state index >= 15 is 0 Å². The van der Waals surface area contributed by atoms with E-state index in [2.05, 4.69) is 5.16 Å². The lowest BCUT2D eigenvalue weighted by Gasteiger charge is -2.17. The van der Waals surface area contributed by atoms with Crippen LogP contribution in [-0.4, -0.2) is 24.5 Å². The summed E-state index contributed by atoms with van der Waals surface area (Å²) in [5, 5.41) is 3.93. The lowest BCUT2D eigenvalue weighted by Crippen LogP contribution is -2.33. The molecule has 2 rings (SSSR count). The molecule has 0 aromatic rings. The van der Waals surface area contributed by atoms with Crippen molar-refractivity contribution in [3.8, 4) is 0 Å². The molecule has 3 nitrogen and oxygen atoms in total. The Kier molecular flexibility index (Phi) is 1.06. The fourth-order valence-corrected chi connectivity index (χ4v) is 1.55. The summed E-state index contributed by atoms with van der Waals surface area (Å²) in [4.78, 5) is 5.24. The summed E-state index contributed by atoms with van der Waals surface area (Å²) in [7, 11) is 0. The molecule has 0 N–H and O–H groups in total. The molecule has 0 spiro atoms. The summed E-state index contributed by atoms with van der Waals surface area (Å²) in [5.74, 6) is 0.396. The lowest BCUT2D eigenvalue weighted by atomic mass is 9.90. The van der Waals surface area contributed by atoms with Crippen molar-refractivity contribution in [3.05, 3.63) is 0 Å². The molecular formula is C7H11NO2. The molecular weight excluding hydrogens is 130 g/mol. The first-order valence-corrected chi connectivity index (χ1v) is 3.53. The van der Waals surface area contributed by atoms with E-state index in [1.165, 1.54) is 0 Å². The van der Waals surface area contributed by atoms with Crippen molar-refractivity contribution in [1.29, 1.82) is 0 Å². The Bertz CT molecular complexity index is 190. The monoisotopic (exact) mass is 141 g/mol. The Balaban J connectivity index is 2.27. The maximum Gasteiger partial charge on any atom is 0.168 e. The van der Waals surface area contributed by atoms with E-state index in [1.54, 1.807) is 0 Å². The van der Waals surface area contributed by atoms with E-state index in [-0.39, 0.29) is 5.60 Å². The number of fused-ring (bicyclic) bond motifs is 1. The van der Waals surface area contributed by atoms with Crippen molar-refractivity contribution in [1.82, 2.24) is 0 Å². The molecule has 1 fully saturated rings. The van der Waals surface area contributed by atoms with E-state index in [0.29, 0.717) is 12.5 Å². The second-order valence-electron chi connectivity index (χ2n) is 3.20. The Hall–Kier alpha value is -0.570. The Labute approximate surface area is 60.0 Å². The van der Waals surface area contributed by atoms with Crippen molar-refractivity contribution < 1.29 is 9.57 Å². The van der Waals surface area contributed by atoms with Gasteiger partial charge >= 0.3 is 0 Å². The Morgan fingerprint density at radius 1 is 1.70 bits per heavy atom. The molecule has 1 saturated heterocycles. The average molecular weight is 141 g/mol. The standard InChI is InChI=1S/C7H11NO2/c1-5-6-3-9-4-7(6,2)10-8-5/h6H,3-4H2,1-2H3. The van der Waals surface area contributed by atoms with Gasteiger partial charge in [-0.2, -0.15) is 0 Å². The van der Waals surface area contributed by atoms with Crippen LogP contribution < -0.4 is 0 Å². The molecule has 0 aromatic heterocycles. The van der Waals surface area contributed by atoms with Crippen LogP contribution in [0.5, 0.6) is 0 Å². The van der Waals surface area contributed by atoms with Gasteiger partial charge in [-0.25, -0.2) is 0 Å². The van der Waals surface area contributed by atoms with Crippen LogP contribution in [-0.2, 0) is 9.57 Å². The van der Waals surface area contributed by atoms with E-state index in [1.807, 2.05) is 13.8 Å². The number of oxime groups is 1. The zero-order valence-electron chi connectivity index (χ0n) is 6.26. The normalized spacial score (nSPS) is 44.6. The van der Waals surface area contributed by atoms with Crippen LogP contribution >= 0.6 is 0 Å². The molecule has 2 unspecified atom stereocenters. The summed E-state index contributed by atoms with van der Waals surface area (Å²) in [5.41, 5.74) is 0.921. The average Bonchev–Trinajstić information content (AvgIpc) is 2.35.